The molecule has 12 heavy (non-hydrogen) atoms. The van der Waals surface area contributed by atoms with Crippen molar-refractivity contribution >= 4 is 0 Å². The van der Waals surface area contributed by atoms with Crippen molar-refractivity contribution < 1.29 is 14.6 Å². The van der Waals surface area contributed by atoms with Crippen LogP contribution in [0.15, 0.2) is 12.2 Å². The van der Waals surface area contributed by atoms with Gasteiger partial charge in [0.2, 0.25) is 0 Å². The Hall–Kier alpha value is -0.380. The van der Waals surface area contributed by atoms with E-state index in [1.54, 1.807) is 13.0 Å². The highest BCUT2D eigenvalue weighted by molar-refractivity contribution is 5.08. The number of aliphatic hydroxyl groups excluding tert-OH is 1. The minimum absolute atomic E-state index is 0.371. The quantitative estimate of drug-likeness (QED) is 0.601. The van der Waals surface area contributed by atoms with Crippen molar-refractivity contribution in [2.75, 3.05) is 7.11 Å². The summed E-state index contributed by atoms with van der Waals surface area (Å²) >= 11 is 0. The topological polar surface area (TPSA) is 38.7 Å². The number of methoxy groups -OCH3 is 1. The fourth-order valence-corrected chi connectivity index (χ4v) is 1.28. The molecule has 0 amide bonds. The molecule has 1 N–H and O–H groups in total. The first-order valence-electron chi connectivity index (χ1n) is 4.02. The highest BCUT2D eigenvalue weighted by atomic mass is 16.7. The van der Waals surface area contributed by atoms with Crippen LogP contribution in [0.2, 0.25) is 0 Å². The van der Waals surface area contributed by atoms with Crippen LogP contribution in [0.4, 0.5) is 0 Å². The zero-order valence-corrected chi connectivity index (χ0v) is 8.00. The van der Waals surface area contributed by atoms with Gasteiger partial charge in [-0.2, -0.15) is 0 Å². The average molecular weight is 172 g/mol. The second-order valence-corrected chi connectivity index (χ2v) is 3.73. The zero-order chi connectivity index (χ0) is 9.41. The molecule has 0 spiro atoms. The first-order chi connectivity index (χ1) is 5.40. The van der Waals surface area contributed by atoms with E-state index in [1.165, 1.54) is 7.11 Å². The maximum Gasteiger partial charge on any atom is 0.195 e. The number of aliphatic hydroxyl groups is 1. The summed E-state index contributed by atoms with van der Waals surface area (Å²) in [5, 5.41) is 9.52. The van der Waals surface area contributed by atoms with Crippen LogP contribution in [-0.4, -0.2) is 29.7 Å². The van der Waals surface area contributed by atoms with Gasteiger partial charge in [-0.05, 0) is 20.8 Å². The molecular formula is C9H16O3. The van der Waals surface area contributed by atoms with Crippen LogP contribution in [0, 0.1) is 0 Å². The third-order valence-electron chi connectivity index (χ3n) is 2.09. The molecule has 0 radical (unpaired) electrons. The fourth-order valence-electron chi connectivity index (χ4n) is 1.28. The first kappa shape index (κ1) is 9.71. The number of ether oxygens (including phenoxy) is 2. The van der Waals surface area contributed by atoms with Gasteiger partial charge in [0.15, 0.2) is 5.79 Å². The van der Waals surface area contributed by atoms with E-state index in [-0.39, 0.29) is 5.60 Å². The summed E-state index contributed by atoms with van der Waals surface area (Å²) in [5.74, 6) is -0.918. The van der Waals surface area contributed by atoms with Crippen LogP contribution in [0.1, 0.15) is 20.8 Å². The predicted molar refractivity (Wildman–Crippen MR) is 45.7 cm³/mol. The summed E-state index contributed by atoms with van der Waals surface area (Å²) in [7, 11) is 1.53. The van der Waals surface area contributed by atoms with E-state index < -0.39 is 11.9 Å². The monoisotopic (exact) mass is 172 g/mol. The van der Waals surface area contributed by atoms with Crippen molar-refractivity contribution in [1.82, 2.24) is 0 Å². The molecular weight excluding hydrogens is 156 g/mol. The van der Waals surface area contributed by atoms with Crippen molar-refractivity contribution in [1.29, 1.82) is 0 Å². The third kappa shape index (κ3) is 1.68. The molecule has 0 saturated heterocycles. The molecule has 3 heteroatoms. The molecule has 1 aliphatic rings. The first-order valence-corrected chi connectivity index (χ1v) is 4.02. The van der Waals surface area contributed by atoms with Gasteiger partial charge in [-0.3, -0.25) is 0 Å². The molecule has 1 rings (SSSR count). The van der Waals surface area contributed by atoms with Crippen LogP contribution in [0.5, 0.6) is 0 Å². The van der Waals surface area contributed by atoms with Gasteiger partial charge in [-0.15, -0.1) is 0 Å². The molecule has 0 aromatic carbocycles. The summed E-state index contributed by atoms with van der Waals surface area (Å²) in [6.07, 6.45) is 2.83. The lowest BCUT2D eigenvalue weighted by Gasteiger charge is -2.41. The lowest BCUT2D eigenvalue weighted by molar-refractivity contribution is -0.288. The van der Waals surface area contributed by atoms with Gasteiger partial charge in [0.1, 0.15) is 6.10 Å². The van der Waals surface area contributed by atoms with E-state index >= 15 is 0 Å². The summed E-state index contributed by atoms with van der Waals surface area (Å²) in [6.45, 7) is 5.57. The summed E-state index contributed by atoms with van der Waals surface area (Å²) < 4.78 is 10.7. The van der Waals surface area contributed by atoms with Gasteiger partial charge in [0, 0.05) is 7.11 Å². The van der Waals surface area contributed by atoms with Gasteiger partial charge in [0.25, 0.3) is 0 Å². The Bertz CT molecular complexity index is 198. The lowest BCUT2D eigenvalue weighted by Crippen LogP contribution is -2.51. The second kappa shape index (κ2) is 2.83. The van der Waals surface area contributed by atoms with Crippen LogP contribution in [0.3, 0.4) is 0 Å². The predicted octanol–water partition coefficient (Wildman–Crippen LogP) is 1.07. The molecule has 0 aliphatic carbocycles. The smallest absolute Gasteiger partial charge is 0.195 e. The average Bonchev–Trinajstić information content (AvgIpc) is 1.97. The largest absolute Gasteiger partial charge is 0.383 e. The van der Waals surface area contributed by atoms with Crippen molar-refractivity contribution in [2.24, 2.45) is 0 Å². The molecule has 1 aliphatic heterocycles. The molecule has 0 bridgehead atoms. The molecule has 0 aromatic heterocycles. The van der Waals surface area contributed by atoms with Gasteiger partial charge < -0.3 is 14.6 Å². The zero-order valence-electron chi connectivity index (χ0n) is 8.00. The molecule has 3 nitrogen and oxygen atoms in total. The Morgan fingerprint density at radius 3 is 2.42 bits per heavy atom. The Labute approximate surface area is 73.0 Å². The Morgan fingerprint density at radius 2 is 2.00 bits per heavy atom. The summed E-state index contributed by atoms with van der Waals surface area (Å²) in [5.41, 5.74) is -0.371. The third-order valence-corrected chi connectivity index (χ3v) is 2.09. The van der Waals surface area contributed by atoms with E-state index in [0.717, 1.165) is 0 Å². The minimum atomic E-state index is -0.918. The maximum atomic E-state index is 9.52. The van der Waals surface area contributed by atoms with Gasteiger partial charge in [-0.1, -0.05) is 12.2 Å². The maximum absolute atomic E-state index is 9.52. The molecule has 0 unspecified atom stereocenters. The Kier molecular flexibility index (Phi) is 2.29. The van der Waals surface area contributed by atoms with E-state index in [4.69, 9.17) is 9.47 Å². The molecule has 70 valence electrons. The molecule has 2 atom stereocenters. The van der Waals surface area contributed by atoms with Gasteiger partial charge in [0.05, 0.1) is 5.60 Å². The highest BCUT2D eigenvalue weighted by Crippen LogP contribution is 2.30. The lowest BCUT2D eigenvalue weighted by atomic mass is 10.00. The van der Waals surface area contributed by atoms with Gasteiger partial charge in [-0.25, -0.2) is 0 Å². The van der Waals surface area contributed by atoms with Crippen molar-refractivity contribution in [3.8, 4) is 0 Å². The number of hydrogen-bond donors (Lipinski definition) is 1. The van der Waals surface area contributed by atoms with E-state index in [1.807, 2.05) is 19.9 Å². The fraction of sp³-hybridized carbons (Fsp3) is 0.778. The summed E-state index contributed by atoms with van der Waals surface area (Å²) in [6, 6.07) is 0. The molecule has 0 fully saturated rings. The Balaban J connectivity index is 2.87. The normalized spacial score (nSPS) is 39.9. The van der Waals surface area contributed by atoms with Gasteiger partial charge >= 0.3 is 0 Å². The van der Waals surface area contributed by atoms with Crippen molar-refractivity contribution in [3.05, 3.63) is 12.2 Å². The highest BCUT2D eigenvalue weighted by Gasteiger charge is 2.40. The van der Waals surface area contributed by atoms with Crippen LogP contribution in [-0.2, 0) is 9.47 Å². The minimum Gasteiger partial charge on any atom is -0.383 e. The van der Waals surface area contributed by atoms with Crippen molar-refractivity contribution in [2.45, 2.75) is 38.3 Å². The standard InChI is InChI=1S/C9H16O3/c1-8(2)6-5-7(10)9(3,11-4)12-8/h5-7,10H,1-4H3/t7-,9-/m1/s1. The number of hydrogen-bond acceptors (Lipinski definition) is 3. The summed E-state index contributed by atoms with van der Waals surface area (Å²) in [4.78, 5) is 0. The molecule has 0 aromatic rings. The van der Waals surface area contributed by atoms with Crippen LogP contribution >= 0.6 is 0 Å². The van der Waals surface area contributed by atoms with Crippen molar-refractivity contribution in [3.63, 3.8) is 0 Å². The van der Waals surface area contributed by atoms with E-state index in [0.29, 0.717) is 0 Å². The SMILES string of the molecule is CO[C@]1(C)OC(C)(C)C=C[C@H]1O. The van der Waals surface area contributed by atoms with Crippen LogP contribution in [0.25, 0.3) is 0 Å². The molecule has 0 saturated carbocycles. The number of rotatable bonds is 1. The van der Waals surface area contributed by atoms with Crippen LogP contribution < -0.4 is 0 Å². The second-order valence-electron chi connectivity index (χ2n) is 3.73. The van der Waals surface area contributed by atoms with E-state index in [9.17, 15) is 5.11 Å². The van der Waals surface area contributed by atoms with E-state index in [2.05, 4.69) is 0 Å². The molecule has 1 heterocycles. The Morgan fingerprint density at radius 1 is 1.42 bits per heavy atom.